The number of piperazine rings is 1. The first kappa shape index (κ1) is 14.8. The van der Waals surface area contributed by atoms with Crippen LogP contribution in [0.1, 0.15) is 18.2 Å². The van der Waals surface area contributed by atoms with Gasteiger partial charge in [-0.3, -0.25) is 4.90 Å². The topological polar surface area (TPSA) is 50.1 Å². The lowest BCUT2D eigenvalue weighted by Crippen LogP contribution is -2.48. The number of rotatable bonds is 3. The number of aryl methyl sites for hydroxylation is 1. The van der Waals surface area contributed by atoms with Crippen LogP contribution in [0, 0.1) is 6.92 Å². The van der Waals surface area contributed by atoms with E-state index in [0.29, 0.717) is 19.7 Å². The molecule has 0 bridgehead atoms. The van der Waals surface area contributed by atoms with Crippen LogP contribution in [0.15, 0.2) is 24.5 Å². The Morgan fingerprint density at radius 2 is 2.09 bits per heavy atom. The Hall–Kier alpha value is -2.08. The minimum Gasteiger partial charge on any atom is -0.450 e. The third kappa shape index (κ3) is 3.06. The van der Waals surface area contributed by atoms with Crippen LogP contribution in [0.25, 0.3) is 5.65 Å². The van der Waals surface area contributed by atoms with Crippen molar-refractivity contribution in [3.8, 4) is 0 Å². The summed E-state index contributed by atoms with van der Waals surface area (Å²) in [7, 11) is 0. The summed E-state index contributed by atoms with van der Waals surface area (Å²) in [6, 6.07) is 4.11. The molecule has 0 saturated carbocycles. The van der Waals surface area contributed by atoms with Crippen LogP contribution in [0.4, 0.5) is 4.79 Å². The Bertz CT molecular complexity index is 659. The molecule has 0 aliphatic carbocycles. The molecule has 1 aliphatic rings. The molecule has 0 aromatic carbocycles. The molecule has 0 unspecified atom stereocenters. The number of nitrogens with zero attached hydrogens (tertiary/aromatic N) is 4. The summed E-state index contributed by atoms with van der Waals surface area (Å²) in [4.78, 5) is 20.5. The van der Waals surface area contributed by atoms with Crippen LogP contribution in [-0.2, 0) is 11.3 Å². The number of amides is 1. The Kier molecular flexibility index (Phi) is 4.29. The third-order valence-electron chi connectivity index (χ3n) is 4.01. The Morgan fingerprint density at radius 1 is 1.32 bits per heavy atom. The first-order valence-electron chi connectivity index (χ1n) is 7.74. The number of hydrogen-bond donors (Lipinski definition) is 0. The van der Waals surface area contributed by atoms with Gasteiger partial charge in [0.15, 0.2) is 0 Å². The lowest BCUT2D eigenvalue weighted by molar-refractivity contribution is 0.0776. The average molecular weight is 302 g/mol. The van der Waals surface area contributed by atoms with Gasteiger partial charge in [0.25, 0.3) is 0 Å². The SMILES string of the molecule is CCOC(=O)N1CCN(Cc2cn3cccc(C)c3n2)CC1. The number of ether oxygens (including phenoxy) is 1. The molecule has 6 nitrogen and oxygen atoms in total. The molecule has 0 spiro atoms. The van der Waals surface area contributed by atoms with Gasteiger partial charge in [0.1, 0.15) is 5.65 Å². The number of fused-ring (bicyclic) bond motifs is 1. The molecule has 2 aromatic heterocycles. The number of carbonyl (C=O) groups excluding carboxylic acids is 1. The van der Waals surface area contributed by atoms with Gasteiger partial charge >= 0.3 is 6.09 Å². The fraction of sp³-hybridized carbons (Fsp3) is 0.500. The lowest BCUT2D eigenvalue weighted by atomic mass is 10.3. The summed E-state index contributed by atoms with van der Waals surface area (Å²) >= 11 is 0. The van der Waals surface area contributed by atoms with E-state index >= 15 is 0 Å². The molecule has 0 radical (unpaired) electrons. The van der Waals surface area contributed by atoms with Crippen molar-refractivity contribution in [3.63, 3.8) is 0 Å². The number of aromatic nitrogens is 2. The average Bonchev–Trinajstić information content (AvgIpc) is 2.92. The van der Waals surface area contributed by atoms with Gasteiger partial charge in [0, 0.05) is 45.1 Å². The van der Waals surface area contributed by atoms with Gasteiger partial charge in [0.05, 0.1) is 12.3 Å². The van der Waals surface area contributed by atoms with Gasteiger partial charge < -0.3 is 14.0 Å². The van der Waals surface area contributed by atoms with Crippen molar-refractivity contribution in [2.24, 2.45) is 0 Å². The molecule has 3 heterocycles. The summed E-state index contributed by atoms with van der Waals surface area (Å²) in [5, 5.41) is 0. The highest BCUT2D eigenvalue weighted by atomic mass is 16.6. The van der Waals surface area contributed by atoms with E-state index in [9.17, 15) is 4.79 Å². The Morgan fingerprint density at radius 3 is 2.77 bits per heavy atom. The maximum absolute atomic E-state index is 11.7. The van der Waals surface area contributed by atoms with Gasteiger partial charge in [-0.2, -0.15) is 0 Å². The third-order valence-corrected chi connectivity index (χ3v) is 4.01. The van der Waals surface area contributed by atoms with Crippen molar-refractivity contribution in [2.45, 2.75) is 20.4 Å². The fourth-order valence-electron chi connectivity index (χ4n) is 2.81. The normalized spacial score (nSPS) is 16.2. The molecule has 0 atom stereocenters. The second kappa shape index (κ2) is 6.36. The molecule has 118 valence electrons. The highest BCUT2D eigenvalue weighted by Gasteiger charge is 2.22. The van der Waals surface area contributed by atoms with E-state index in [1.54, 1.807) is 4.90 Å². The van der Waals surface area contributed by atoms with Crippen LogP contribution in [0.2, 0.25) is 0 Å². The monoisotopic (exact) mass is 302 g/mol. The van der Waals surface area contributed by atoms with Crippen molar-refractivity contribution in [1.82, 2.24) is 19.2 Å². The standard InChI is InChI=1S/C16H22N4O2/c1-3-22-16(21)19-9-7-18(8-10-19)11-14-12-20-6-4-5-13(2)15(20)17-14/h4-6,12H,3,7-11H2,1-2H3. The van der Waals surface area contributed by atoms with Crippen LogP contribution in [0.5, 0.6) is 0 Å². The van der Waals surface area contributed by atoms with E-state index in [-0.39, 0.29) is 6.09 Å². The molecular weight excluding hydrogens is 280 g/mol. The highest BCUT2D eigenvalue weighted by Crippen LogP contribution is 2.13. The summed E-state index contributed by atoms with van der Waals surface area (Å²) in [5.41, 5.74) is 3.27. The van der Waals surface area contributed by atoms with E-state index in [1.165, 1.54) is 5.56 Å². The molecular formula is C16H22N4O2. The maximum Gasteiger partial charge on any atom is 0.409 e. The number of pyridine rings is 1. The molecule has 22 heavy (non-hydrogen) atoms. The van der Waals surface area contributed by atoms with Crippen LogP contribution in [0.3, 0.4) is 0 Å². The summed E-state index contributed by atoms with van der Waals surface area (Å²) < 4.78 is 7.11. The van der Waals surface area contributed by atoms with Gasteiger partial charge in [0.2, 0.25) is 0 Å². The molecule has 1 fully saturated rings. The summed E-state index contributed by atoms with van der Waals surface area (Å²) in [5.74, 6) is 0. The van der Waals surface area contributed by atoms with Gasteiger partial charge in [-0.25, -0.2) is 9.78 Å². The van der Waals surface area contributed by atoms with Crippen molar-refractivity contribution in [1.29, 1.82) is 0 Å². The van der Waals surface area contributed by atoms with Gasteiger partial charge in [-0.05, 0) is 25.5 Å². The van der Waals surface area contributed by atoms with E-state index in [2.05, 4.69) is 28.5 Å². The zero-order valence-electron chi connectivity index (χ0n) is 13.2. The summed E-state index contributed by atoms with van der Waals surface area (Å²) in [6.45, 7) is 8.29. The second-order valence-electron chi connectivity index (χ2n) is 5.62. The zero-order chi connectivity index (χ0) is 15.5. The molecule has 1 amide bonds. The van der Waals surface area contributed by atoms with E-state index in [4.69, 9.17) is 9.72 Å². The Labute approximate surface area is 130 Å². The predicted molar refractivity (Wildman–Crippen MR) is 83.8 cm³/mol. The van der Waals surface area contributed by atoms with Crippen molar-refractivity contribution < 1.29 is 9.53 Å². The first-order chi connectivity index (χ1) is 10.7. The molecule has 1 aliphatic heterocycles. The number of imidazole rings is 1. The van der Waals surface area contributed by atoms with Crippen LogP contribution >= 0.6 is 0 Å². The van der Waals surface area contributed by atoms with Crippen molar-refractivity contribution in [2.75, 3.05) is 32.8 Å². The van der Waals surface area contributed by atoms with Gasteiger partial charge in [-0.1, -0.05) is 6.07 Å². The van der Waals surface area contributed by atoms with E-state index in [1.807, 2.05) is 19.2 Å². The summed E-state index contributed by atoms with van der Waals surface area (Å²) in [6.07, 6.45) is 3.91. The van der Waals surface area contributed by atoms with Crippen molar-refractivity contribution >= 4 is 11.7 Å². The smallest absolute Gasteiger partial charge is 0.409 e. The lowest BCUT2D eigenvalue weighted by Gasteiger charge is -2.33. The largest absolute Gasteiger partial charge is 0.450 e. The van der Waals surface area contributed by atoms with E-state index < -0.39 is 0 Å². The molecule has 6 heteroatoms. The minimum absolute atomic E-state index is 0.203. The Balaban J connectivity index is 1.60. The van der Waals surface area contributed by atoms with Crippen LogP contribution < -0.4 is 0 Å². The number of carbonyl (C=O) groups is 1. The minimum atomic E-state index is -0.203. The van der Waals surface area contributed by atoms with Gasteiger partial charge in [-0.15, -0.1) is 0 Å². The molecule has 2 aromatic rings. The first-order valence-corrected chi connectivity index (χ1v) is 7.74. The molecule has 1 saturated heterocycles. The zero-order valence-corrected chi connectivity index (χ0v) is 13.2. The quantitative estimate of drug-likeness (QED) is 0.869. The fourth-order valence-corrected chi connectivity index (χ4v) is 2.81. The van der Waals surface area contributed by atoms with Crippen LogP contribution in [-0.4, -0.2) is 58.1 Å². The highest BCUT2D eigenvalue weighted by molar-refractivity contribution is 5.67. The second-order valence-corrected chi connectivity index (χ2v) is 5.62. The van der Waals surface area contributed by atoms with Crippen molar-refractivity contribution in [3.05, 3.63) is 35.8 Å². The maximum atomic E-state index is 11.7. The molecule has 3 rings (SSSR count). The molecule has 0 N–H and O–H groups in total. The predicted octanol–water partition coefficient (Wildman–Crippen LogP) is 1.92. The van der Waals surface area contributed by atoms with E-state index in [0.717, 1.165) is 31.0 Å². The number of hydrogen-bond acceptors (Lipinski definition) is 4.